The molecule has 1 unspecified atom stereocenters. The van der Waals surface area contributed by atoms with Crippen LogP contribution in [0.4, 0.5) is 0 Å². The number of hydrogen-bond donors (Lipinski definition) is 6. The average Bonchev–Trinajstić information content (AvgIpc) is 2.83. The molecule has 32 heavy (non-hydrogen) atoms. The van der Waals surface area contributed by atoms with Crippen molar-refractivity contribution < 1.29 is 40.1 Å². The summed E-state index contributed by atoms with van der Waals surface area (Å²) in [7, 11) is 3.05. The van der Waals surface area contributed by atoms with Gasteiger partial charge in [0.15, 0.2) is 0 Å². The van der Waals surface area contributed by atoms with Crippen molar-refractivity contribution in [2.75, 3.05) is 20.8 Å². The number of aliphatic hydroxyl groups excluding tert-OH is 4. The predicted octanol–water partition coefficient (Wildman–Crippen LogP) is 0.436. The third-order valence-electron chi connectivity index (χ3n) is 5.97. The molecule has 0 aliphatic carbocycles. The highest BCUT2D eigenvalue weighted by Gasteiger charge is 2.53. The van der Waals surface area contributed by atoms with E-state index in [2.05, 4.69) is 0 Å². The largest absolute Gasteiger partial charge is 0.497 e. The minimum atomic E-state index is -2.37. The van der Waals surface area contributed by atoms with Gasteiger partial charge < -0.3 is 40.1 Å². The second-order valence-corrected chi connectivity index (χ2v) is 8.10. The van der Waals surface area contributed by atoms with Crippen molar-refractivity contribution >= 4 is 0 Å². The number of methoxy groups -OCH3 is 2. The quantitative estimate of drug-likeness (QED) is 0.274. The lowest BCUT2D eigenvalue weighted by atomic mass is 9.72. The molecule has 0 fully saturated rings. The highest BCUT2D eigenvalue weighted by molar-refractivity contribution is 5.30. The van der Waals surface area contributed by atoms with E-state index in [0.717, 1.165) is 0 Å². The van der Waals surface area contributed by atoms with Crippen LogP contribution in [0, 0.1) is 0 Å². The van der Waals surface area contributed by atoms with E-state index >= 15 is 0 Å². The maximum absolute atomic E-state index is 11.5. The van der Waals surface area contributed by atoms with Gasteiger partial charge in [0.25, 0.3) is 0 Å². The van der Waals surface area contributed by atoms with Gasteiger partial charge in [0.2, 0.25) is 0 Å². The Hall–Kier alpha value is -2.20. The van der Waals surface area contributed by atoms with Crippen molar-refractivity contribution in [1.82, 2.24) is 0 Å². The zero-order chi connectivity index (χ0) is 23.9. The Morgan fingerprint density at radius 3 is 1.59 bits per heavy atom. The number of ether oxygens (including phenoxy) is 2. The molecule has 2 rings (SSSR count). The molecule has 0 heterocycles. The van der Waals surface area contributed by atoms with Gasteiger partial charge in [0.05, 0.1) is 26.4 Å². The molecule has 2 aromatic rings. The molecule has 178 valence electrons. The van der Waals surface area contributed by atoms with Crippen LogP contribution in [0.5, 0.6) is 11.5 Å². The Morgan fingerprint density at radius 2 is 1.22 bits per heavy atom. The second-order valence-electron chi connectivity index (χ2n) is 8.10. The molecule has 8 heteroatoms. The highest BCUT2D eigenvalue weighted by atomic mass is 16.5. The van der Waals surface area contributed by atoms with Crippen molar-refractivity contribution in [2.24, 2.45) is 0 Å². The van der Waals surface area contributed by atoms with E-state index in [4.69, 9.17) is 9.47 Å². The van der Waals surface area contributed by atoms with Gasteiger partial charge in [-0.05, 0) is 41.8 Å². The van der Waals surface area contributed by atoms with Gasteiger partial charge in [-0.3, -0.25) is 0 Å². The molecule has 5 atom stereocenters. The van der Waals surface area contributed by atoms with Crippen molar-refractivity contribution in [1.29, 1.82) is 0 Å². The van der Waals surface area contributed by atoms with Crippen LogP contribution < -0.4 is 9.47 Å². The number of aliphatic hydroxyl groups is 6. The third-order valence-corrected chi connectivity index (χ3v) is 5.97. The summed E-state index contributed by atoms with van der Waals surface area (Å²) < 4.78 is 10.3. The second kappa shape index (κ2) is 11.1. The predicted molar refractivity (Wildman–Crippen MR) is 119 cm³/mol. The van der Waals surface area contributed by atoms with Crippen LogP contribution in [0.2, 0.25) is 0 Å². The van der Waals surface area contributed by atoms with Crippen molar-refractivity contribution in [2.45, 2.75) is 55.7 Å². The summed E-state index contributed by atoms with van der Waals surface area (Å²) in [6.45, 7) is 0.817. The lowest BCUT2D eigenvalue weighted by Gasteiger charge is -2.45. The molecule has 0 saturated carbocycles. The average molecular weight is 451 g/mol. The van der Waals surface area contributed by atoms with Crippen LogP contribution in [-0.2, 0) is 12.8 Å². The third kappa shape index (κ3) is 5.78. The topological polar surface area (TPSA) is 140 Å². The maximum Gasteiger partial charge on any atom is 0.126 e. The van der Waals surface area contributed by atoms with Crippen LogP contribution >= 0.6 is 0 Å². The lowest BCUT2D eigenvalue weighted by molar-refractivity contribution is -0.229. The highest BCUT2D eigenvalue weighted by Crippen LogP contribution is 2.34. The Morgan fingerprint density at radius 1 is 0.781 bits per heavy atom. The van der Waals surface area contributed by atoms with Crippen molar-refractivity contribution in [3.05, 3.63) is 59.7 Å². The van der Waals surface area contributed by atoms with Crippen LogP contribution in [0.1, 0.15) is 24.5 Å². The molecule has 8 nitrogen and oxygen atoms in total. The van der Waals surface area contributed by atoms with Gasteiger partial charge >= 0.3 is 0 Å². The fourth-order valence-corrected chi connectivity index (χ4v) is 3.84. The maximum atomic E-state index is 11.5. The van der Waals surface area contributed by atoms with Crippen molar-refractivity contribution in [3.8, 4) is 11.5 Å². The van der Waals surface area contributed by atoms with Crippen molar-refractivity contribution in [3.63, 3.8) is 0 Å². The molecule has 0 spiro atoms. The fraction of sp³-hybridized carbons (Fsp3) is 0.500. The minimum Gasteiger partial charge on any atom is -0.497 e. The van der Waals surface area contributed by atoms with Gasteiger partial charge in [-0.15, -0.1) is 0 Å². The summed E-state index contributed by atoms with van der Waals surface area (Å²) in [5, 5.41) is 64.1. The summed E-state index contributed by atoms with van der Waals surface area (Å²) in [5.74, 6) is 1.21. The summed E-state index contributed by atoms with van der Waals surface area (Å²) >= 11 is 0. The van der Waals surface area contributed by atoms with Gasteiger partial charge in [-0.1, -0.05) is 31.2 Å². The molecule has 2 aromatic carbocycles. The molecule has 0 amide bonds. The lowest BCUT2D eigenvalue weighted by Crippen LogP contribution is -2.66. The Balaban J connectivity index is 2.41. The Bertz CT molecular complexity index is 825. The first-order valence-electron chi connectivity index (χ1n) is 10.5. The first kappa shape index (κ1) is 26.1. The van der Waals surface area contributed by atoms with Crippen LogP contribution in [-0.4, -0.2) is 81.0 Å². The van der Waals surface area contributed by atoms with Crippen LogP contribution in [0.25, 0.3) is 0 Å². The van der Waals surface area contributed by atoms with Crippen LogP contribution in [0.3, 0.4) is 0 Å². The molecule has 0 radical (unpaired) electrons. The van der Waals surface area contributed by atoms with E-state index in [0.29, 0.717) is 22.6 Å². The molecule has 0 aliphatic heterocycles. The number of rotatable bonds is 12. The van der Waals surface area contributed by atoms with E-state index in [9.17, 15) is 30.6 Å². The molecule has 0 bridgehead atoms. The van der Waals surface area contributed by atoms with E-state index in [-0.39, 0.29) is 19.3 Å². The zero-order valence-electron chi connectivity index (χ0n) is 18.7. The SMILES string of the molecule is CCC(O)(Cc1ccc(OC)cc1)[C@@H](O)[C@@](O)(Cc1ccc(OC)cc1)[C@H](O)[C@@H](O)CO. The smallest absolute Gasteiger partial charge is 0.126 e. The number of benzene rings is 2. The first-order valence-corrected chi connectivity index (χ1v) is 10.5. The Labute approximate surface area is 188 Å². The minimum absolute atomic E-state index is 0.0263. The van der Waals surface area contributed by atoms with E-state index in [1.54, 1.807) is 55.5 Å². The first-order chi connectivity index (χ1) is 15.1. The Kier molecular flexibility index (Phi) is 9.03. The normalized spacial score (nSPS) is 18.2. The molecule has 0 aliphatic rings. The fourth-order valence-electron chi connectivity index (χ4n) is 3.84. The molecule has 0 aromatic heterocycles. The van der Waals surface area contributed by atoms with E-state index in [1.165, 1.54) is 14.2 Å². The van der Waals surface area contributed by atoms with Crippen LogP contribution in [0.15, 0.2) is 48.5 Å². The summed E-state index contributed by atoms with van der Waals surface area (Å²) in [6.07, 6.45) is -5.79. The van der Waals surface area contributed by atoms with E-state index < -0.39 is 36.1 Å². The van der Waals surface area contributed by atoms with Gasteiger partial charge in [0, 0.05) is 12.8 Å². The van der Waals surface area contributed by atoms with E-state index in [1.807, 2.05) is 0 Å². The molecule has 0 saturated heterocycles. The summed E-state index contributed by atoms with van der Waals surface area (Å²) in [5.41, 5.74) is -3.00. The zero-order valence-corrected chi connectivity index (χ0v) is 18.7. The molecular weight excluding hydrogens is 416 g/mol. The number of hydrogen-bond acceptors (Lipinski definition) is 8. The molecular formula is C24H34O8. The summed E-state index contributed by atoms with van der Waals surface area (Å²) in [6, 6.07) is 13.5. The summed E-state index contributed by atoms with van der Waals surface area (Å²) in [4.78, 5) is 0. The van der Waals surface area contributed by atoms with Gasteiger partial charge in [0.1, 0.15) is 35.4 Å². The standard InChI is InChI=1S/C24H34O8/c1-4-23(29,13-16-5-9-18(31-2)10-6-16)22(28)24(30,21(27)20(26)15-25)14-17-7-11-19(32-3)12-8-17/h5-12,20-22,25-30H,4,13-15H2,1-3H3/t20-,21+,22+,23?,24+/m0/s1. The monoisotopic (exact) mass is 450 g/mol. The van der Waals surface area contributed by atoms with Gasteiger partial charge in [-0.2, -0.15) is 0 Å². The molecule has 6 N–H and O–H groups in total. The van der Waals surface area contributed by atoms with Gasteiger partial charge in [-0.25, -0.2) is 0 Å².